The molecule has 3 unspecified atom stereocenters. The van der Waals surface area contributed by atoms with E-state index < -0.39 is 51.1 Å². The average Bonchev–Trinajstić information content (AvgIpc) is 3.57. The minimum Gasteiger partial charge on any atom is -0.371 e. The molecule has 9 heteroatoms. The fraction of sp³-hybridized carbons (Fsp3) is 0.571. The van der Waals surface area contributed by atoms with Gasteiger partial charge in [0, 0.05) is 0 Å². The Bertz CT molecular complexity index is 1340. The van der Waals surface area contributed by atoms with Gasteiger partial charge in [0.2, 0.25) is 11.8 Å². The number of imide groups is 2. The number of ether oxygens (including phenoxy) is 4. The molecular weight excluding hydrogens is 560 g/mol. The van der Waals surface area contributed by atoms with Crippen LogP contribution in [0.25, 0.3) is 0 Å². The van der Waals surface area contributed by atoms with Crippen LogP contribution in [0.3, 0.4) is 0 Å². The van der Waals surface area contributed by atoms with Crippen molar-refractivity contribution in [2.45, 2.75) is 115 Å². The van der Waals surface area contributed by atoms with Crippen molar-refractivity contribution in [3.63, 3.8) is 0 Å². The summed E-state index contributed by atoms with van der Waals surface area (Å²) < 4.78 is 25.4. The van der Waals surface area contributed by atoms with Gasteiger partial charge in [0.05, 0.1) is 58.7 Å². The summed E-state index contributed by atoms with van der Waals surface area (Å²) in [6.45, 7) is 12.2. The van der Waals surface area contributed by atoms with Crippen LogP contribution in [-0.2, 0) is 41.8 Å². The molecule has 0 spiro atoms. The molecule has 0 radical (unpaired) electrons. The SMILES string of the molecule is CC12CC(C(=O)NC(=O)NC(=O)[C@@]34C[C@H](OCc5ccccc5)[C@@](C)(C3)OC4(C)C)(CC1OCc1ccccc1)C(C)(C)O2. The Morgan fingerprint density at radius 3 is 1.39 bits per heavy atom. The smallest absolute Gasteiger partial charge is 0.328 e. The van der Waals surface area contributed by atoms with Gasteiger partial charge in [-0.25, -0.2) is 4.79 Å². The summed E-state index contributed by atoms with van der Waals surface area (Å²) in [5.41, 5.74) is -2.98. The maximum absolute atomic E-state index is 13.9. The van der Waals surface area contributed by atoms with E-state index in [1.165, 1.54) is 0 Å². The van der Waals surface area contributed by atoms with Crippen LogP contribution in [0.15, 0.2) is 60.7 Å². The van der Waals surface area contributed by atoms with Crippen LogP contribution >= 0.6 is 0 Å². The topological polar surface area (TPSA) is 112 Å². The molecule has 6 atom stereocenters. The third kappa shape index (κ3) is 4.89. The summed E-state index contributed by atoms with van der Waals surface area (Å²) in [5.74, 6) is -0.941. The summed E-state index contributed by atoms with van der Waals surface area (Å²) in [6, 6.07) is 18.8. The third-order valence-electron chi connectivity index (χ3n) is 10.9. The van der Waals surface area contributed by atoms with E-state index in [1.54, 1.807) is 0 Å². The van der Waals surface area contributed by atoms with Gasteiger partial charge in [-0.3, -0.25) is 20.2 Å². The Balaban J connectivity index is 1.12. The number of urea groups is 1. The minimum atomic E-state index is -1.00. The van der Waals surface area contributed by atoms with Gasteiger partial charge in [0.25, 0.3) is 0 Å². The van der Waals surface area contributed by atoms with Crippen molar-refractivity contribution in [1.29, 1.82) is 0 Å². The average molecular weight is 605 g/mol. The molecule has 6 rings (SSSR count). The number of rotatable bonds is 8. The van der Waals surface area contributed by atoms with Crippen molar-refractivity contribution in [2.24, 2.45) is 10.8 Å². The van der Waals surface area contributed by atoms with E-state index in [0.29, 0.717) is 38.9 Å². The summed E-state index contributed by atoms with van der Waals surface area (Å²) in [5, 5.41) is 4.99. The highest BCUT2D eigenvalue weighted by Crippen LogP contribution is 2.63. The van der Waals surface area contributed by atoms with Crippen molar-refractivity contribution in [1.82, 2.24) is 10.6 Å². The molecule has 2 saturated heterocycles. The molecule has 2 aliphatic carbocycles. The van der Waals surface area contributed by atoms with E-state index in [0.717, 1.165) is 11.1 Å². The molecule has 4 bridgehead atoms. The van der Waals surface area contributed by atoms with Gasteiger partial charge in [-0.05, 0) is 78.4 Å². The van der Waals surface area contributed by atoms with Crippen LogP contribution in [0.4, 0.5) is 4.79 Å². The largest absolute Gasteiger partial charge is 0.371 e. The predicted molar refractivity (Wildman–Crippen MR) is 162 cm³/mol. The normalized spacial score (nSPS) is 35.9. The molecule has 2 aromatic carbocycles. The first-order valence-electron chi connectivity index (χ1n) is 15.5. The van der Waals surface area contributed by atoms with Gasteiger partial charge < -0.3 is 18.9 Å². The van der Waals surface area contributed by atoms with Gasteiger partial charge in [-0.15, -0.1) is 0 Å². The summed E-state index contributed by atoms with van der Waals surface area (Å²) in [6.07, 6.45) is 0.961. The first-order chi connectivity index (χ1) is 20.6. The Hall–Kier alpha value is -3.11. The van der Waals surface area contributed by atoms with Gasteiger partial charge in [-0.1, -0.05) is 60.7 Å². The van der Waals surface area contributed by atoms with E-state index in [4.69, 9.17) is 18.9 Å². The number of hydrogen-bond acceptors (Lipinski definition) is 7. The number of hydrogen-bond donors (Lipinski definition) is 2. The molecule has 44 heavy (non-hydrogen) atoms. The lowest BCUT2D eigenvalue weighted by molar-refractivity contribution is -0.202. The van der Waals surface area contributed by atoms with Crippen LogP contribution < -0.4 is 10.6 Å². The highest BCUT2D eigenvalue weighted by molar-refractivity contribution is 6.06. The maximum atomic E-state index is 13.9. The zero-order valence-corrected chi connectivity index (χ0v) is 26.5. The van der Waals surface area contributed by atoms with Crippen LogP contribution in [0.1, 0.15) is 78.4 Å². The second-order valence-electron chi connectivity index (χ2n) is 14.6. The van der Waals surface area contributed by atoms with Crippen molar-refractivity contribution in [2.75, 3.05) is 0 Å². The van der Waals surface area contributed by atoms with E-state index >= 15 is 0 Å². The lowest BCUT2D eigenvalue weighted by Gasteiger charge is -2.44. The molecule has 0 aromatic heterocycles. The molecule has 9 nitrogen and oxygen atoms in total. The highest BCUT2D eigenvalue weighted by Gasteiger charge is 2.73. The quantitative estimate of drug-likeness (QED) is 0.426. The number of carbonyl (C=O) groups excluding carboxylic acids is 3. The van der Waals surface area contributed by atoms with Crippen LogP contribution in [-0.4, -0.2) is 52.5 Å². The molecular formula is C35H44N2O7. The zero-order valence-electron chi connectivity index (χ0n) is 26.5. The standard InChI is InChI=1S/C35H44N2O7/c1-30(2)34(17-25(32(5,21-34)43-30)41-19-23-13-9-7-10-14-23)27(38)36-29(40)37-28(39)35-18-26(33(6,22-35)44-31(35,3)4)42-20-24-15-11-8-12-16-24/h7-16,25-26H,17-22H2,1-6H3,(H2,36,37,38,39,40)/t25-,26?,32+,33?,34+,35?/m0/s1. The van der Waals surface area contributed by atoms with Crippen molar-refractivity contribution >= 4 is 17.8 Å². The lowest BCUT2D eigenvalue weighted by Crippen LogP contribution is -2.60. The maximum Gasteiger partial charge on any atom is 0.328 e. The Kier molecular flexibility index (Phi) is 7.36. The fourth-order valence-electron chi connectivity index (χ4n) is 8.50. The van der Waals surface area contributed by atoms with E-state index in [2.05, 4.69) is 10.6 Å². The predicted octanol–water partition coefficient (Wildman–Crippen LogP) is 5.21. The van der Waals surface area contributed by atoms with Gasteiger partial charge >= 0.3 is 6.03 Å². The van der Waals surface area contributed by atoms with E-state index in [9.17, 15) is 14.4 Å². The number of nitrogens with one attached hydrogen (secondary N) is 2. The first kappa shape index (κ1) is 30.9. The molecule has 2 aromatic rings. The number of benzene rings is 2. The molecule has 2 N–H and O–H groups in total. The molecule has 236 valence electrons. The molecule has 4 fully saturated rings. The summed E-state index contributed by atoms with van der Waals surface area (Å²) >= 11 is 0. The summed E-state index contributed by atoms with van der Waals surface area (Å²) in [7, 11) is 0. The van der Waals surface area contributed by atoms with Gasteiger partial charge in [0.1, 0.15) is 0 Å². The second-order valence-corrected chi connectivity index (χ2v) is 14.6. The molecule has 4 aliphatic rings. The van der Waals surface area contributed by atoms with Crippen LogP contribution in [0.2, 0.25) is 0 Å². The number of carbonyl (C=O) groups is 3. The van der Waals surface area contributed by atoms with Crippen molar-refractivity contribution in [3.05, 3.63) is 71.8 Å². The Morgan fingerprint density at radius 1 is 0.659 bits per heavy atom. The molecule has 4 amide bonds. The van der Waals surface area contributed by atoms with E-state index in [-0.39, 0.29) is 12.2 Å². The minimum absolute atomic E-state index is 0.328. The van der Waals surface area contributed by atoms with E-state index in [1.807, 2.05) is 102 Å². The van der Waals surface area contributed by atoms with Crippen molar-refractivity contribution < 1.29 is 33.3 Å². The summed E-state index contributed by atoms with van der Waals surface area (Å²) in [4.78, 5) is 41.0. The Morgan fingerprint density at radius 2 is 1.02 bits per heavy atom. The zero-order chi connectivity index (χ0) is 31.6. The fourth-order valence-corrected chi connectivity index (χ4v) is 8.50. The third-order valence-corrected chi connectivity index (χ3v) is 10.9. The second kappa shape index (κ2) is 10.5. The van der Waals surface area contributed by atoms with Crippen LogP contribution in [0, 0.1) is 10.8 Å². The van der Waals surface area contributed by atoms with Crippen molar-refractivity contribution in [3.8, 4) is 0 Å². The Labute approximate surface area is 259 Å². The molecule has 2 heterocycles. The molecule has 2 saturated carbocycles. The molecule has 2 aliphatic heterocycles. The van der Waals surface area contributed by atoms with Gasteiger partial charge in [0.15, 0.2) is 0 Å². The highest BCUT2D eigenvalue weighted by atomic mass is 16.6. The monoisotopic (exact) mass is 604 g/mol. The number of fused-ring (bicyclic) bond motifs is 4. The lowest BCUT2D eigenvalue weighted by atomic mass is 9.72. The van der Waals surface area contributed by atoms with Crippen LogP contribution in [0.5, 0.6) is 0 Å². The number of amides is 4. The van der Waals surface area contributed by atoms with Gasteiger partial charge in [-0.2, -0.15) is 0 Å². The first-order valence-corrected chi connectivity index (χ1v) is 15.5.